The molecule has 0 aliphatic rings. The molecule has 3 rings (SSSR count). The van der Waals surface area contributed by atoms with Crippen LogP contribution in [0, 0.1) is 11.6 Å². The number of amides is 1. The van der Waals surface area contributed by atoms with Gasteiger partial charge in [-0.1, -0.05) is 62.3 Å². The molecule has 0 fully saturated rings. The van der Waals surface area contributed by atoms with Crippen molar-refractivity contribution in [3.05, 3.63) is 94.3 Å². The van der Waals surface area contributed by atoms with Crippen LogP contribution in [0.25, 0.3) is 0 Å². The Hall–Kier alpha value is -3.48. The summed E-state index contributed by atoms with van der Waals surface area (Å²) in [7, 11) is 0. The van der Waals surface area contributed by atoms with E-state index in [0.717, 1.165) is 35.5 Å². The molecule has 2 aromatic carbocycles. The Morgan fingerprint density at radius 2 is 1.85 bits per heavy atom. The first-order chi connectivity index (χ1) is 15.9. The lowest BCUT2D eigenvalue weighted by Gasteiger charge is -2.16. The Balaban J connectivity index is 1.92. The van der Waals surface area contributed by atoms with Crippen LogP contribution in [0.3, 0.4) is 0 Å². The number of rotatable bonds is 10. The lowest BCUT2D eigenvalue weighted by Crippen LogP contribution is -2.24. The van der Waals surface area contributed by atoms with Crippen molar-refractivity contribution in [2.24, 2.45) is 5.16 Å². The molecule has 1 heterocycles. The Morgan fingerprint density at radius 1 is 1.09 bits per heavy atom. The highest BCUT2D eigenvalue weighted by atomic mass is 19.2. The molecule has 1 N–H and O–H groups in total. The molecular formula is C26H29F2N3O2. The van der Waals surface area contributed by atoms with Crippen molar-refractivity contribution in [1.29, 1.82) is 0 Å². The quantitative estimate of drug-likeness (QED) is 0.246. The number of benzene rings is 2. The molecule has 7 heteroatoms. The van der Waals surface area contributed by atoms with Crippen LogP contribution in [0.2, 0.25) is 0 Å². The zero-order chi connectivity index (χ0) is 23.8. The molecule has 33 heavy (non-hydrogen) atoms. The van der Waals surface area contributed by atoms with E-state index in [1.807, 2.05) is 51.1 Å². The fourth-order valence-corrected chi connectivity index (χ4v) is 3.60. The molecule has 0 atom stereocenters. The molecule has 0 bridgehead atoms. The second-order valence-electron chi connectivity index (χ2n) is 8.09. The largest absolute Gasteiger partial charge is 0.396 e. The van der Waals surface area contributed by atoms with Crippen LogP contribution in [0.5, 0.6) is 0 Å². The fraction of sp³-hybridized carbons (Fsp3) is 0.308. The molecule has 174 valence electrons. The average molecular weight is 454 g/mol. The minimum absolute atomic E-state index is 0.0523. The van der Waals surface area contributed by atoms with Crippen LogP contribution in [-0.4, -0.2) is 23.3 Å². The zero-order valence-electron chi connectivity index (χ0n) is 19.1. The predicted molar refractivity (Wildman–Crippen MR) is 125 cm³/mol. The minimum Gasteiger partial charge on any atom is -0.396 e. The van der Waals surface area contributed by atoms with Crippen LogP contribution in [0.4, 0.5) is 8.78 Å². The molecule has 0 radical (unpaired) electrons. The summed E-state index contributed by atoms with van der Waals surface area (Å²) in [5.41, 5.74) is 3.69. The van der Waals surface area contributed by atoms with Crippen LogP contribution < -0.4 is 5.32 Å². The van der Waals surface area contributed by atoms with Gasteiger partial charge in [-0.2, -0.15) is 0 Å². The SMILES string of the molecule is CCCON=Cc1cc(C(=O)NCc2ccc(F)c(F)c2)c(C(C)C)n1Cc1ccccc1. The average Bonchev–Trinajstić information content (AvgIpc) is 3.16. The third kappa shape index (κ3) is 6.28. The maximum Gasteiger partial charge on any atom is 0.253 e. The first-order valence-corrected chi connectivity index (χ1v) is 11.1. The summed E-state index contributed by atoms with van der Waals surface area (Å²) < 4.78 is 28.8. The second-order valence-corrected chi connectivity index (χ2v) is 8.09. The van der Waals surface area contributed by atoms with E-state index in [1.54, 1.807) is 12.3 Å². The van der Waals surface area contributed by atoms with E-state index < -0.39 is 11.6 Å². The van der Waals surface area contributed by atoms with E-state index in [0.29, 0.717) is 24.3 Å². The summed E-state index contributed by atoms with van der Waals surface area (Å²) in [6, 6.07) is 15.3. The van der Waals surface area contributed by atoms with Crippen molar-refractivity contribution in [3.8, 4) is 0 Å². The first-order valence-electron chi connectivity index (χ1n) is 11.1. The van der Waals surface area contributed by atoms with Gasteiger partial charge in [0.15, 0.2) is 11.6 Å². The molecule has 1 amide bonds. The number of carbonyl (C=O) groups is 1. The third-order valence-corrected chi connectivity index (χ3v) is 5.14. The van der Waals surface area contributed by atoms with Crippen LogP contribution in [0.1, 0.15) is 66.0 Å². The summed E-state index contributed by atoms with van der Waals surface area (Å²) >= 11 is 0. The highest BCUT2D eigenvalue weighted by molar-refractivity contribution is 5.97. The number of carbonyl (C=O) groups excluding carboxylic acids is 1. The molecule has 0 aliphatic carbocycles. The molecule has 0 saturated carbocycles. The van der Waals surface area contributed by atoms with Gasteiger partial charge in [0.25, 0.3) is 5.91 Å². The summed E-state index contributed by atoms with van der Waals surface area (Å²) in [6.45, 7) is 7.21. The number of nitrogens with one attached hydrogen (secondary N) is 1. The minimum atomic E-state index is -0.941. The Morgan fingerprint density at radius 3 is 2.52 bits per heavy atom. The monoisotopic (exact) mass is 453 g/mol. The Bertz CT molecular complexity index is 1110. The van der Waals surface area contributed by atoms with Crippen molar-refractivity contribution < 1.29 is 18.4 Å². The van der Waals surface area contributed by atoms with Crippen molar-refractivity contribution in [1.82, 2.24) is 9.88 Å². The van der Waals surface area contributed by atoms with Crippen molar-refractivity contribution in [2.75, 3.05) is 6.61 Å². The van der Waals surface area contributed by atoms with Gasteiger partial charge < -0.3 is 14.7 Å². The first kappa shape index (κ1) is 24.2. The molecule has 0 spiro atoms. The Labute approximate surface area is 193 Å². The number of nitrogens with zero attached hydrogens (tertiary/aromatic N) is 2. The van der Waals surface area contributed by atoms with E-state index in [2.05, 4.69) is 15.0 Å². The van der Waals surface area contributed by atoms with Gasteiger partial charge in [0.2, 0.25) is 0 Å². The number of oxime groups is 1. The maximum absolute atomic E-state index is 13.5. The van der Waals surface area contributed by atoms with Gasteiger partial charge in [-0.15, -0.1) is 0 Å². The van der Waals surface area contributed by atoms with Gasteiger partial charge in [-0.25, -0.2) is 8.78 Å². The molecule has 1 aromatic heterocycles. The van der Waals surface area contributed by atoms with Gasteiger partial charge >= 0.3 is 0 Å². The van der Waals surface area contributed by atoms with Crippen molar-refractivity contribution in [2.45, 2.75) is 46.2 Å². The Kier molecular flexibility index (Phi) is 8.35. The topological polar surface area (TPSA) is 55.6 Å². The number of halogens is 2. The lowest BCUT2D eigenvalue weighted by molar-refractivity contribution is 0.0949. The van der Waals surface area contributed by atoms with Crippen molar-refractivity contribution in [3.63, 3.8) is 0 Å². The normalized spacial score (nSPS) is 11.3. The number of hydrogen-bond donors (Lipinski definition) is 1. The molecule has 3 aromatic rings. The van der Waals surface area contributed by atoms with Gasteiger partial charge in [0, 0.05) is 18.8 Å². The summed E-state index contributed by atoms with van der Waals surface area (Å²) in [5, 5.41) is 6.88. The van der Waals surface area contributed by atoms with Crippen LogP contribution in [0.15, 0.2) is 59.8 Å². The third-order valence-electron chi connectivity index (χ3n) is 5.14. The van der Waals surface area contributed by atoms with E-state index in [9.17, 15) is 13.6 Å². The fourth-order valence-electron chi connectivity index (χ4n) is 3.60. The van der Waals surface area contributed by atoms with Gasteiger partial charge in [0.05, 0.1) is 17.5 Å². The maximum atomic E-state index is 13.5. The number of aromatic nitrogens is 1. The van der Waals surface area contributed by atoms with Crippen LogP contribution in [-0.2, 0) is 17.9 Å². The van der Waals surface area contributed by atoms with Gasteiger partial charge in [-0.05, 0) is 41.7 Å². The lowest BCUT2D eigenvalue weighted by atomic mass is 10.0. The van der Waals surface area contributed by atoms with Crippen LogP contribution >= 0.6 is 0 Å². The van der Waals surface area contributed by atoms with E-state index in [4.69, 9.17) is 4.84 Å². The zero-order valence-corrected chi connectivity index (χ0v) is 19.1. The van der Waals surface area contributed by atoms with E-state index >= 15 is 0 Å². The standard InChI is InChI=1S/C26H29F2N3O2/c1-4-12-33-30-16-21-14-22(26(32)29-15-20-10-11-23(27)24(28)13-20)25(18(2)3)31(21)17-19-8-6-5-7-9-19/h5-11,13-14,16,18H,4,12,15,17H2,1-3H3,(H,29,32). The van der Waals surface area contributed by atoms with E-state index in [1.165, 1.54) is 6.07 Å². The molecule has 5 nitrogen and oxygen atoms in total. The number of hydrogen-bond acceptors (Lipinski definition) is 3. The second kappa shape index (κ2) is 11.4. The summed E-state index contributed by atoms with van der Waals surface area (Å²) in [4.78, 5) is 18.4. The summed E-state index contributed by atoms with van der Waals surface area (Å²) in [5.74, 6) is -2.10. The highest BCUT2D eigenvalue weighted by Gasteiger charge is 2.22. The van der Waals surface area contributed by atoms with Crippen molar-refractivity contribution >= 4 is 12.1 Å². The van der Waals surface area contributed by atoms with Gasteiger partial charge in [0.1, 0.15) is 6.61 Å². The molecular weight excluding hydrogens is 424 g/mol. The molecule has 0 aliphatic heterocycles. The highest BCUT2D eigenvalue weighted by Crippen LogP contribution is 2.25. The summed E-state index contributed by atoms with van der Waals surface area (Å²) in [6.07, 6.45) is 2.47. The van der Waals surface area contributed by atoms with Gasteiger partial charge in [-0.3, -0.25) is 4.79 Å². The smallest absolute Gasteiger partial charge is 0.253 e. The van der Waals surface area contributed by atoms with E-state index in [-0.39, 0.29) is 18.4 Å². The molecule has 0 unspecified atom stereocenters. The predicted octanol–water partition coefficient (Wildman–Crippen LogP) is 5.63. The molecule has 0 saturated heterocycles.